The van der Waals surface area contributed by atoms with Crippen molar-refractivity contribution < 1.29 is 4.74 Å². The fraction of sp³-hybridized carbons (Fsp3) is 0.684. The molecule has 1 fully saturated rings. The third kappa shape index (κ3) is 3.87. The molecule has 2 rings (SSSR count). The summed E-state index contributed by atoms with van der Waals surface area (Å²) in [5.74, 6) is 0. The Labute approximate surface area is 130 Å². The highest BCUT2D eigenvalue weighted by Crippen LogP contribution is 2.40. The maximum atomic E-state index is 6.08. The van der Waals surface area contributed by atoms with Crippen molar-refractivity contribution in [3.05, 3.63) is 35.4 Å². The van der Waals surface area contributed by atoms with E-state index in [1.165, 1.54) is 49.7 Å². The third-order valence-corrected chi connectivity index (χ3v) is 5.02. The van der Waals surface area contributed by atoms with Crippen molar-refractivity contribution in [2.45, 2.75) is 69.9 Å². The van der Waals surface area contributed by atoms with E-state index in [1.54, 1.807) is 0 Å². The second-order valence-corrected chi connectivity index (χ2v) is 6.40. The van der Waals surface area contributed by atoms with Crippen molar-refractivity contribution in [1.82, 2.24) is 5.32 Å². The number of hydrogen-bond donors (Lipinski definition) is 1. The number of nitrogens with one attached hydrogen (secondary N) is 1. The lowest BCUT2D eigenvalue weighted by atomic mass is 9.82. The lowest BCUT2D eigenvalue weighted by Crippen LogP contribution is -2.44. The molecule has 1 N–H and O–H groups in total. The molecular formula is C19H31NO. The number of methoxy groups -OCH3 is 1. The van der Waals surface area contributed by atoms with E-state index in [0.29, 0.717) is 0 Å². The van der Waals surface area contributed by atoms with Gasteiger partial charge in [0.1, 0.15) is 0 Å². The maximum absolute atomic E-state index is 6.08. The van der Waals surface area contributed by atoms with Gasteiger partial charge >= 0.3 is 0 Å². The molecule has 1 saturated carbocycles. The minimum Gasteiger partial charge on any atom is -0.376 e. The number of hydrogen-bond acceptors (Lipinski definition) is 2. The van der Waals surface area contributed by atoms with Crippen LogP contribution in [0.4, 0.5) is 0 Å². The maximum Gasteiger partial charge on any atom is 0.0872 e. The highest BCUT2D eigenvalue weighted by Gasteiger charge is 2.39. The zero-order valence-electron chi connectivity index (χ0n) is 14.0. The summed E-state index contributed by atoms with van der Waals surface area (Å²) in [5, 5.41) is 3.53. The minimum absolute atomic E-state index is 0.0441. The van der Waals surface area contributed by atoms with Gasteiger partial charge in [-0.3, -0.25) is 0 Å². The summed E-state index contributed by atoms with van der Waals surface area (Å²) in [6.07, 6.45) is 9.93. The summed E-state index contributed by atoms with van der Waals surface area (Å²) >= 11 is 0. The molecular weight excluding hydrogens is 258 g/mol. The molecule has 0 saturated heterocycles. The van der Waals surface area contributed by atoms with Crippen molar-refractivity contribution >= 4 is 0 Å². The molecule has 0 radical (unpaired) electrons. The van der Waals surface area contributed by atoms with Crippen LogP contribution in [-0.4, -0.2) is 19.8 Å². The number of aryl methyl sites for hydroxylation is 1. The van der Waals surface area contributed by atoms with Gasteiger partial charge in [0.25, 0.3) is 0 Å². The number of benzene rings is 1. The summed E-state index contributed by atoms with van der Waals surface area (Å²) in [6.45, 7) is 2.23. The lowest BCUT2D eigenvalue weighted by molar-refractivity contribution is -0.0522. The first-order chi connectivity index (χ1) is 10.3. The van der Waals surface area contributed by atoms with E-state index in [4.69, 9.17) is 4.74 Å². The molecule has 21 heavy (non-hydrogen) atoms. The van der Waals surface area contributed by atoms with Crippen LogP contribution < -0.4 is 5.32 Å². The first-order valence-electron chi connectivity index (χ1n) is 8.57. The van der Waals surface area contributed by atoms with Gasteiger partial charge in [-0.05, 0) is 37.4 Å². The third-order valence-electron chi connectivity index (χ3n) is 5.02. The van der Waals surface area contributed by atoms with Gasteiger partial charge in [0.05, 0.1) is 11.6 Å². The highest BCUT2D eigenvalue weighted by atomic mass is 16.5. The zero-order chi connectivity index (χ0) is 15.1. The summed E-state index contributed by atoms with van der Waals surface area (Å²) in [5.41, 5.74) is 2.75. The second-order valence-electron chi connectivity index (χ2n) is 6.40. The Hall–Kier alpha value is -0.860. The van der Waals surface area contributed by atoms with Crippen LogP contribution in [0.3, 0.4) is 0 Å². The molecule has 1 aromatic rings. The van der Waals surface area contributed by atoms with E-state index in [0.717, 1.165) is 12.8 Å². The van der Waals surface area contributed by atoms with Crippen LogP contribution >= 0.6 is 0 Å². The van der Waals surface area contributed by atoms with Crippen LogP contribution in [0.5, 0.6) is 0 Å². The molecule has 0 amide bonds. The van der Waals surface area contributed by atoms with E-state index < -0.39 is 0 Å². The zero-order valence-corrected chi connectivity index (χ0v) is 14.0. The Morgan fingerprint density at radius 2 is 1.71 bits per heavy atom. The monoisotopic (exact) mass is 289 g/mol. The van der Waals surface area contributed by atoms with Crippen LogP contribution in [0, 0.1) is 0 Å². The number of likely N-dealkylation sites (N-methyl/N-ethyl adjacent to an activating group) is 1. The van der Waals surface area contributed by atoms with Crippen LogP contribution in [0.1, 0.15) is 69.0 Å². The van der Waals surface area contributed by atoms with Crippen molar-refractivity contribution in [2.75, 3.05) is 14.2 Å². The van der Waals surface area contributed by atoms with Crippen molar-refractivity contribution in [3.63, 3.8) is 0 Å². The second kappa shape index (κ2) is 7.95. The molecule has 1 aliphatic carbocycles. The molecule has 0 aliphatic heterocycles. The molecule has 1 atom stereocenters. The minimum atomic E-state index is -0.0441. The first kappa shape index (κ1) is 16.5. The molecule has 2 nitrogen and oxygen atoms in total. The normalized spacial score (nSPS) is 20.0. The average molecular weight is 289 g/mol. The highest BCUT2D eigenvalue weighted by molar-refractivity contribution is 5.27. The standard InChI is InChI=1S/C19H31NO/c1-4-9-16-10-12-17(13-11-16)18(20-2)19(21-3)14-7-5-6-8-15-19/h10-13,18,20H,4-9,14-15H2,1-3H3. The summed E-state index contributed by atoms with van der Waals surface area (Å²) < 4.78 is 6.08. The van der Waals surface area contributed by atoms with E-state index in [-0.39, 0.29) is 11.6 Å². The van der Waals surface area contributed by atoms with Crippen LogP contribution in [0.25, 0.3) is 0 Å². The van der Waals surface area contributed by atoms with Gasteiger partial charge in [-0.2, -0.15) is 0 Å². The van der Waals surface area contributed by atoms with Crippen LogP contribution in [-0.2, 0) is 11.2 Å². The molecule has 0 heterocycles. The molecule has 1 aliphatic rings. The van der Waals surface area contributed by atoms with Gasteiger partial charge in [0.2, 0.25) is 0 Å². The van der Waals surface area contributed by atoms with E-state index in [2.05, 4.69) is 43.6 Å². The largest absolute Gasteiger partial charge is 0.376 e. The molecule has 1 unspecified atom stereocenters. The van der Waals surface area contributed by atoms with Gasteiger partial charge in [0, 0.05) is 7.11 Å². The molecule has 0 bridgehead atoms. The van der Waals surface area contributed by atoms with E-state index in [1.807, 2.05) is 7.11 Å². The van der Waals surface area contributed by atoms with Crippen LogP contribution in [0.15, 0.2) is 24.3 Å². The fourth-order valence-electron chi connectivity index (χ4n) is 3.84. The predicted molar refractivity (Wildman–Crippen MR) is 89.7 cm³/mol. The van der Waals surface area contributed by atoms with Crippen LogP contribution in [0.2, 0.25) is 0 Å². The lowest BCUT2D eigenvalue weighted by Gasteiger charge is -2.39. The van der Waals surface area contributed by atoms with Gasteiger partial charge in [-0.1, -0.05) is 63.3 Å². The summed E-state index contributed by atoms with van der Waals surface area (Å²) in [7, 11) is 3.96. The van der Waals surface area contributed by atoms with Crippen molar-refractivity contribution in [1.29, 1.82) is 0 Å². The molecule has 2 heteroatoms. The number of ether oxygens (including phenoxy) is 1. The fourth-order valence-corrected chi connectivity index (χ4v) is 3.84. The average Bonchev–Trinajstić information content (AvgIpc) is 2.76. The van der Waals surface area contributed by atoms with E-state index in [9.17, 15) is 0 Å². The van der Waals surface area contributed by atoms with Crippen molar-refractivity contribution in [3.8, 4) is 0 Å². The smallest absolute Gasteiger partial charge is 0.0872 e. The molecule has 0 aromatic heterocycles. The van der Waals surface area contributed by atoms with E-state index >= 15 is 0 Å². The molecule has 1 aromatic carbocycles. The molecule has 0 spiro atoms. The topological polar surface area (TPSA) is 21.3 Å². The first-order valence-corrected chi connectivity index (χ1v) is 8.57. The summed E-state index contributed by atoms with van der Waals surface area (Å²) in [4.78, 5) is 0. The quantitative estimate of drug-likeness (QED) is 0.770. The number of rotatable bonds is 6. The summed E-state index contributed by atoms with van der Waals surface area (Å²) in [6, 6.07) is 9.43. The predicted octanol–water partition coefficient (Wildman–Crippen LogP) is 4.64. The van der Waals surface area contributed by atoms with Gasteiger partial charge < -0.3 is 10.1 Å². The Morgan fingerprint density at radius 3 is 2.19 bits per heavy atom. The Morgan fingerprint density at radius 1 is 1.10 bits per heavy atom. The Kier molecular flexibility index (Phi) is 6.25. The SMILES string of the molecule is CCCc1ccc(C(NC)C2(OC)CCCCCC2)cc1. The van der Waals surface area contributed by atoms with Gasteiger partial charge in [0.15, 0.2) is 0 Å². The van der Waals surface area contributed by atoms with Gasteiger partial charge in [-0.15, -0.1) is 0 Å². The van der Waals surface area contributed by atoms with Crippen molar-refractivity contribution in [2.24, 2.45) is 0 Å². The van der Waals surface area contributed by atoms with Gasteiger partial charge in [-0.25, -0.2) is 0 Å². The Balaban J connectivity index is 2.23. The Bertz CT molecular complexity index is 404. The molecule has 118 valence electrons.